The first-order chi connectivity index (χ1) is 11.9. The van der Waals surface area contributed by atoms with Crippen LogP contribution in [0.3, 0.4) is 0 Å². The number of rotatable bonds is 5. The second-order valence-corrected chi connectivity index (χ2v) is 7.46. The molecule has 5 nitrogen and oxygen atoms in total. The monoisotopic (exact) mass is 325 g/mol. The standard InChI is InChI=1S/C19H27N5/c1-2-5-15(6-3-1)13-24-10-8-16(14-24)11-18-21-19(23-22-18)17-7-4-9-20-12-17/h4,7,9,12,15-16H,1-3,5-6,8,10-11,13-14H2,(H,21,22,23)/t16-/m1/s1. The molecule has 1 saturated heterocycles. The topological polar surface area (TPSA) is 57.7 Å². The van der Waals surface area contributed by atoms with Gasteiger partial charge in [0.05, 0.1) is 0 Å². The molecule has 2 aliphatic rings. The Hall–Kier alpha value is -1.75. The summed E-state index contributed by atoms with van der Waals surface area (Å²) in [5.74, 6) is 3.41. The fourth-order valence-corrected chi connectivity index (χ4v) is 4.26. The van der Waals surface area contributed by atoms with Crippen molar-refractivity contribution in [1.29, 1.82) is 0 Å². The van der Waals surface area contributed by atoms with Crippen molar-refractivity contribution in [2.45, 2.75) is 44.9 Å². The van der Waals surface area contributed by atoms with E-state index in [2.05, 4.69) is 25.1 Å². The second-order valence-electron chi connectivity index (χ2n) is 7.46. The van der Waals surface area contributed by atoms with Gasteiger partial charge >= 0.3 is 0 Å². The van der Waals surface area contributed by atoms with Gasteiger partial charge in [-0.05, 0) is 49.8 Å². The molecule has 1 aliphatic heterocycles. The summed E-state index contributed by atoms with van der Waals surface area (Å²) in [6.45, 7) is 3.78. The molecule has 5 heteroatoms. The summed E-state index contributed by atoms with van der Waals surface area (Å²) in [7, 11) is 0. The largest absolute Gasteiger partial charge is 0.303 e. The number of likely N-dealkylation sites (tertiary alicyclic amines) is 1. The molecule has 1 atom stereocenters. The molecule has 2 aromatic heterocycles. The number of hydrogen-bond acceptors (Lipinski definition) is 4. The molecule has 2 aromatic rings. The van der Waals surface area contributed by atoms with E-state index in [-0.39, 0.29) is 0 Å². The molecule has 0 amide bonds. The first-order valence-electron chi connectivity index (χ1n) is 9.41. The van der Waals surface area contributed by atoms with Gasteiger partial charge in [-0.25, -0.2) is 4.98 Å². The first kappa shape index (κ1) is 15.8. The molecule has 1 saturated carbocycles. The van der Waals surface area contributed by atoms with Gasteiger partial charge < -0.3 is 4.90 Å². The highest BCUT2D eigenvalue weighted by Crippen LogP contribution is 2.27. The lowest BCUT2D eigenvalue weighted by atomic mass is 9.89. The molecule has 128 valence electrons. The maximum Gasteiger partial charge on any atom is 0.157 e. The maximum atomic E-state index is 4.66. The highest BCUT2D eigenvalue weighted by Gasteiger charge is 2.26. The van der Waals surface area contributed by atoms with E-state index >= 15 is 0 Å². The fraction of sp³-hybridized carbons (Fsp3) is 0.632. The minimum atomic E-state index is 0.700. The summed E-state index contributed by atoms with van der Waals surface area (Å²) in [5, 5.41) is 7.47. The molecule has 3 heterocycles. The van der Waals surface area contributed by atoms with Crippen LogP contribution in [0.5, 0.6) is 0 Å². The van der Waals surface area contributed by atoms with Gasteiger partial charge in [-0.15, -0.1) is 0 Å². The SMILES string of the molecule is c1cncc(-c2nc(C[C@H]3CCN(CC4CCCCC4)C3)n[nH]2)c1. The minimum absolute atomic E-state index is 0.700. The first-order valence-corrected chi connectivity index (χ1v) is 9.41. The number of hydrogen-bond donors (Lipinski definition) is 1. The summed E-state index contributed by atoms with van der Waals surface area (Å²) >= 11 is 0. The zero-order valence-electron chi connectivity index (χ0n) is 14.3. The van der Waals surface area contributed by atoms with E-state index < -0.39 is 0 Å². The molecular formula is C19H27N5. The van der Waals surface area contributed by atoms with Crippen LogP contribution in [-0.4, -0.2) is 44.7 Å². The third-order valence-corrected chi connectivity index (χ3v) is 5.55. The lowest BCUT2D eigenvalue weighted by molar-refractivity contribution is 0.228. The Labute approximate surface area is 143 Å². The van der Waals surface area contributed by atoms with E-state index in [1.165, 1.54) is 58.2 Å². The lowest BCUT2D eigenvalue weighted by Crippen LogP contribution is -2.29. The molecule has 0 unspecified atom stereocenters. The van der Waals surface area contributed by atoms with Gasteiger partial charge in [0.2, 0.25) is 0 Å². The van der Waals surface area contributed by atoms with Gasteiger partial charge in [0.25, 0.3) is 0 Å². The number of H-pyrrole nitrogens is 1. The molecular weight excluding hydrogens is 298 g/mol. The van der Waals surface area contributed by atoms with Crippen molar-refractivity contribution in [1.82, 2.24) is 25.1 Å². The Morgan fingerprint density at radius 3 is 2.88 bits per heavy atom. The van der Waals surface area contributed by atoms with Crippen LogP contribution in [0.4, 0.5) is 0 Å². The predicted molar refractivity (Wildman–Crippen MR) is 94.4 cm³/mol. The smallest absolute Gasteiger partial charge is 0.157 e. The molecule has 0 spiro atoms. The molecule has 0 aromatic carbocycles. The van der Waals surface area contributed by atoms with Crippen LogP contribution < -0.4 is 0 Å². The summed E-state index contributed by atoms with van der Waals surface area (Å²) in [6, 6.07) is 3.94. The van der Waals surface area contributed by atoms with Crippen LogP contribution in [0.1, 0.15) is 44.3 Å². The zero-order valence-corrected chi connectivity index (χ0v) is 14.3. The van der Waals surface area contributed by atoms with Crippen LogP contribution in [0.2, 0.25) is 0 Å². The summed E-state index contributed by atoms with van der Waals surface area (Å²) in [4.78, 5) is 11.5. The lowest BCUT2D eigenvalue weighted by Gasteiger charge is -2.26. The van der Waals surface area contributed by atoms with Gasteiger partial charge in [0.1, 0.15) is 0 Å². The highest BCUT2D eigenvalue weighted by molar-refractivity contribution is 5.52. The van der Waals surface area contributed by atoms with Crippen molar-refractivity contribution in [2.24, 2.45) is 11.8 Å². The van der Waals surface area contributed by atoms with Crippen molar-refractivity contribution >= 4 is 0 Å². The summed E-state index contributed by atoms with van der Waals surface area (Å²) in [5.41, 5.74) is 1.00. The maximum absolute atomic E-state index is 4.66. The van der Waals surface area contributed by atoms with Crippen molar-refractivity contribution in [2.75, 3.05) is 19.6 Å². The average Bonchev–Trinajstić information content (AvgIpc) is 3.27. The molecule has 1 N–H and O–H groups in total. The van der Waals surface area contributed by atoms with E-state index in [0.717, 1.165) is 29.6 Å². The van der Waals surface area contributed by atoms with Crippen LogP contribution in [0.25, 0.3) is 11.4 Å². The fourth-order valence-electron chi connectivity index (χ4n) is 4.26. The van der Waals surface area contributed by atoms with Crippen LogP contribution in [0.15, 0.2) is 24.5 Å². The Balaban J connectivity index is 1.29. The van der Waals surface area contributed by atoms with Crippen molar-refractivity contribution in [3.8, 4) is 11.4 Å². The minimum Gasteiger partial charge on any atom is -0.303 e. The number of aromatic nitrogens is 4. The zero-order chi connectivity index (χ0) is 16.2. The Morgan fingerprint density at radius 1 is 1.12 bits per heavy atom. The van der Waals surface area contributed by atoms with Crippen molar-refractivity contribution < 1.29 is 0 Å². The van der Waals surface area contributed by atoms with Crippen molar-refractivity contribution in [3.05, 3.63) is 30.4 Å². The van der Waals surface area contributed by atoms with Crippen LogP contribution in [0, 0.1) is 11.8 Å². The molecule has 24 heavy (non-hydrogen) atoms. The molecule has 1 aliphatic carbocycles. The number of aromatic amines is 1. The predicted octanol–water partition coefficient (Wildman–Crippen LogP) is 3.31. The van der Waals surface area contributed by atoms with E-state index in [1.807, 2.05) is 18.3 Å². The van der Waals surface area contributed by atoms with E-state index in [9.17, 15) is 0 Å². The van der Waals surface area contributed by atoms with Gasteiger partial charge in [-0.1, -0.05) is 19.3 Å². The second kappa shape index (κ2) is 7.43. The quantitative estimate of drug-likeness (QED) is 0.916. The molecule has 0 bridgehead atoms. The van der Waals surface area contributed by atoms with Gasteiger partial charge in [0.15, 0.2) is 11.6 Å². The van der Waals surface area contributed by atoms with Crippen LogP contribution in [-0.2, 0) is 6.42 Å². The van der Waals surface area contributed by atoms with Gasteiger partial charge in [-0.3, -0.25) is 10.1 Å². The van der Waals surface area contributed by atoms with Crippen molar-refractivity contribution in [3.63, 3.8) is 0 Å². The molecule has 2 fully saturated rings. The number of nitrogens with zero attached hydrogens (tertiary/aromatic N) is 4. The van der Waals surface area contributed by atoms with E-state index in [4.69, 9.17) is 0 Å². The van der Waals surface area contributed by atoms with Gasteiger partial charge in [0, 0.05) is 37.5 Å². The Bertz CT molecular complexity index is 632. The van der Waals surface area contributed by atoms with E-state index in [1.54, 1.807) is 6.20 Å². The van der Waals surface area contributed by atoms with Gasteiger partial charge in [-0.2, -0.15) is 5.10 Å². The summed E-state index contributed by atoms with van der Waals surface area (Å²) in [6.07, 6.45) is 13.1. The summed E-state index contributed by atoms with van der Waals surface area (Å²) < 4.78 is 0. The number of pyridine rings is 1. The van der Waals surface area contributed by atoms with Crippen LogP contribution >= 0.6 is 0 Å². The third kappa shape index (κ3) is 3.83. The highest BCUT2D eigenvalue weighted by atomic mass is 15.2. The van der Waals surface area contributed by atoms with E-state index in [0.29, 0.717) is 5.92 Å². The third-order valence-electron chi connectivity index (χ3n) is 5.55. The normalized spacial score (nSPS) is 22.9. The number of nitrogens with one attached hydrogen (secondary N) is 1. The molecule has 0 radical (unpaired) electrons. The molecule has 4 rings (SSSR count). The Kier molecular flexibility index (Phi) is 4.88. The Morgan fingerprint density at radius 2 is 2.04 bits per heavy atom. The average molecular weight is 325 g/mol.